The van der Waals surface area contributed by atoms with Crippen molar-refractivity contribution in [3.05, 3.63) is 56.0 Å². The molecule has 4 nitrogen and oxygen atoms in total. The Balaban J connectivity index is 0.000000231. The molecule has 0 spiro atoms. The second kappa shape index (κ2) is 9.61. The summed E-state index contributed by atoms with van der Waals surface area (Å²) in [6.45, 7) is 0. The molecule has 0 aliphatic rings. The van der Waals surface area contributed by atoms with E-state index in [1.165, 1.54) is 11.8 Å². The SMILES string of the molecule is CSC(=N)c1cc(Cl)nc(Cl)c1.NC(=S)c1cc(Cl)nc(Cl)c1. The summed E-state index contributed by atoms with van der Waals surface area (Å²) in [6.07, 6.45) is 1.82. The van der Waals surface area contributed by atoms with Crippen LogP contribution < -0.4 is 5.73 Å². The van der Waals surface area contributed by atoms with Gasteiger partial charge in [-0.1, -0.05) is 58.6 Å². The summed E-state index contributed by atoms with van der Waals surface area (Å²) < 4.78 is 0. The molecule has 2 aromatic heterocycles. The van der Waals surface area contributed by atoms with Crippen LogP contribution in [-0.2, 0) is 0 Å². The molecule has 3 N–H and O–H groups in total. The maximum atomic E-state index is 7.49. The minimum atomic E-state index is 0.260. The van der Waals surface area contributed by atoms with Crippen molar-refractivity contribution in [2.45, 2.75) is 0 Å². The predicted octanol–water partition coefficient (Wildman–Crippen LogP) is 5.10. The van der Waals surface area contributed by atoms with E-state index in [1.54, 1.807) is 24.3 Å². The van der Waals surface area contributed by atoms with Crippen LogP contribution in [0.2, 0.25) is 20.6 Å². The van der Waals surface area contributed by atoms with E-state index in [1.807, 2.05) is 6.26 Å². The molecule has 2 heterocycles. The maximum Gasteiger partial charge on any atom is 0.131 e. The molecule has 122 valence electrons. The minimum absolute atomic E-state index is 0.260. The van der Waals surface area contributed by atoms with E-state index in [2.05, 4.69) is 9.97 Å². The molecule has 23 heavy (non-hydrogen) atoms. The number of thiocarbonyl (C=S) groups is 1. The number of pyridine rings is 2. The normalized spacial score (nSPS) is 9.78. The number of thioether (sulfide) groups is 1. The van der Waals surface area contributed by atoms with Crippen molar-refractivity contribution in [2.75, 3.05) is 6.26 Å². The van der Waals surface area contributed by atoms with Crippen LogP contribution in [0, 0.1) is 5.41 Å². The van der Waals surface area contributed by atoms with E-state index in [0.717, 1.165) is 0 Å². The van der Waals surface area contributed by atoms with Crippen LogP contribution >= 0.6 is 70.4 Å². The summed E-state index contributed by atoms with van der Waals surface area (Å²) >= 11 is 28.5. The highest BCUT2D eigenvalue weighted by molar-refractivity contribution is 8.13. The zero-order valence-corrected chi connectivity index (χ0v) is 16.3. The smallest absolute Gasteiger partial charge is 0.131 e. The quantitative estimate of drug-likeness (QED) is 0.301. The van der Waals surface area contributed by atoms with Gasteiger partial charge in [0, 0.05) is 11.1 Å². The van der Waals surface area contributed by atoms with Crippen LogP contribution in [-0.4, -0.2) is 26.3 Å². The van der Waals surface area contributed by atoms with Gasteiger partial charge in [0.2, 0.25) is 0 Å². The molecule has 0 unspecified atom stereocenters. The summed E-state index contributed by atoms with van der Waals surface area (Å²) in [5.74, 6) is 0. The highest BCUT2D eigenvalue weighted by atomic mass is 35.5. The molecule has 0 amide bonds. The third-order valence-corrected chi connectivity index (χ3v) is 3.93. The lowest BCUT2D eigenvalue weighted by molar-refractivity contribution is 1.32. The topological polar surface area (TPSA) is 75.7 Å². The van der Waals surface area contributed by atoms with Gasteiger partial charge in [-0.2, -0.15) is 0 Å². The highest BCUT2D eigenvalue weighted by Crippen LogP contribution is 2.18. The second-order valence-corrected chi connectivity index (χ2v) is 6.71. The Morgan fingerprint density at radius 3 is 1.61 bits per heavy atom. The first-order valence-electron chi connectivity index (χ1n) is 5.81. The molecule has 0 aromatic carbocycles. The Bertz CT molecular complexity index is 699. The molecule has 0 saturated heterocycles. The minimum Gasteiger partial charge on any atom is -0.389 e. The van der Waals surface area contributed by atoms with E-state index < -0.39 is 0 Å². The maximum absolute atomic E-state index is 7.49. The van der Waals surface area contributed by atoms with Crippen LogP contribution in [0.25, 0.3) is 0 Å². The molecule has 0 bridgehead atoms. The predicted molar refractivity (Wildman–Crippen MR) is 105 cm³/mol. The molecule has 0 aliphatic carbocycles. The summed E-state index contributed by atoms with van der Waals surface area (Å²) in [7, 11) is 0. The van der Waals surface area contributed by atoms with Gasteiger partial charge in [0.05, 0.1) is 5.04 Å². The molecule has 0 radical (unpaired) electrons. The molecule has 0 atom stereocenters. The molecule has 10 heteroatoms. The fourth-order valence-corrected chi connectivity index (χ4v) is 2.71. The molecule has 2 rings (SSSR count). The van der Waals surface area contributed by atoms with E-state index in [9.17, 15) is 0 Å². The summed E-state index contributed by atoms with van der Waals surface area (Å²) in [5.41, 5.74) is 6.67. The summed E-state index contributed by atoms with van der Waals surface area (Å²) in [4.78, 5) is 7.77. The Labute approximate surface area is 163 Å². The largest absolute Gasteiger partial charge is 0.389 e. The average molecular weight is 428 g/mol. The number of rotatable bonds is 2. The van der Waals surface area contributed by atoms with Crippen LogP contribution in [0.1, 0.15) is 11.1 Å². The van der Waals surface area contributed by atoms with Gasteiger partial charge in [0.1, 0.15) is 25.6 Å². The van der Waals surface area contributed by atoms with Gasteiger partial charge in [0.15, 0.2) is 0 Å². The zero-order valence-electron chi connectivity index (χ0n) is 11.6. The molecular formula is C13H10Cl4N4S2. The molecule has 0 fully saturated rings. The van der Waals surface area contributed by atoms with Crippen molar-refractivity contribution in [1.82, 2.24) is 9.97 Å². The highest BCUT2D eigenvalue weighted by Gasteiger charge is 2.03. The number of hydrogen-bond acceptors (Lipinski definition) is 5. The van der Waals surface area contributed by atoms with Gasteiger partial charge in [-0.05, 0) is 30.5 Å². The van der Waals surface area contributed by atoms with Gasteiger partial charge in [-0.25, -0.2) is 9.97 Å². The Morgan fingerprint density at radius 2 is 1.30 bits per heavy atom. The van der Waals surface area contributed by atoms with E-state index in [-0.39, 0.29) is 4.99 Å². The van der Waals surface area contributed by atoms with E-state index in [4.69, 9.17) is 69.8 Å². The number of nitrogens with zero attached hydrogens (tertiary/aromatic N) is 2. The lowest BCUT2D eigenvalue weighted by Crippen LogP contribution is -2.09. The van der Waals surface area contributed by atoms with E-state index in [0.29, 0.717) is 36.8 Å². The molecular weight excluding hydrogens is 418 g/mol. The lowest BCUT2D eigenvalue weighted by atomic mass is 10.3. The zero-order chi connectivity index (χ0) is 17.6. The number of nitrogens with one attached hydrogen (secondary N) is 1. The number of hydrogen-bond donors (Lipinski definition) is 2. The number of aromatic nitrogens is 2. The Morgan fingerprint density at radius 1 is 0.957 bits per heavy atom. The Hall–Kier alpha value is -0.630. The van der Waals surface area contributed by atoms with Crippen LogP contribution in [0.15, 0.2) is 24.3 Å². The summed E-state index contributed by atoms with van der Waals surface area (Å²) in [5, 5.41) is 9.14. The van der Waals surface area contributed by atoms with Gasteiger partial charge >= 0.3 is 0 Å². The summed E-state index contributed by atoms with van der Waals surface area (Å²) in [6, 6.07) is 6.37. The fraction of sp³-hybridized carbons (Fsp3) is 0.0769. The number of nitrogens with two attached hydrogens (primary N) is 1. The number of halogens is 4. The van der Waals surface area contributed by atoms with Crippen molar-refractivity contribution < 1.29 is 0 Å². The monoisotopic (exact) mass is 426 g/mol. The van der Waals surface area contributed by atoms with Crippen molar-refractivity contribution in [3.63, 3.8) is 0 Å². The first-order valence-corrected chi connectivity index (χ1v) is 8.96. The van der Waals surface area contributed by atoms with Crippen molar-refractivity contribution in [2.24, 2.45) is 5.73 Å². The second-order valence-electron chi connectivity index (χ2n) is 3.90. The lowest BCUT2D eigenvalue weighted by Gasteiger charge is -2.00. The van der Waals surface area contributed by atoms with Gasteiger partial charge in [0.25, 0.3) is 0 Å². The average Bonchev–Trinajstić information content (AvgIpc) is 2.45. The van der Waals surface area contributed by atoms with Gasteiger partial charge in [-0.3, -0.25) is 5.41 Å². The standard InChI is InChI=1S/C7H6Cl2N2S.C6H4Cl2N2S/c1-12-7(10)4-2-5(8)11-6(9)3-4;7-4-1-3(6(9)11)2-5(8)10-4/h2-3,10H,1H3;1-2H,(H2,9,11). The third-order valence-electron chi connectivity index (χ3n) is 2.28. The van der Waals surface area contributed by atoms with Gasteiger partial charge in [-0.15, -0.1) is 11.8 Å². The third kappa shape index (κ3) is 7.20. The molecule has 0 aliphatic heterocycles. The Kier molecular flexibility index (Phi) is 8.53. The van der Waals surface area contributed by atoms with Crippen LogP contribution in [0.4, 0.5) is 0 Å². The van der Waals surface area contributed by atoms with Crippen LogP contribution in [0.5, 0.6) is 0 Å². The van der Waals surface area contributed by atoms with Crippen LogP contribution in [0.3, 0.4) is 0 Å². The molecule has 0 saturated carbocycles. The fourth-order valence-electron chi connectivity index (χ4n) is 1.32. The first kappa shape index (κ1) is 20.4. The van der Waals surface area contributed by atoms with Crippen molar-refractivity contribution >= 4 is 80.4 Å². The van der Waals surface area contributed by atoms with Gasteiger partial charge < -0.3 is 5.73 Å². The first-order chi connectivity index (χ1) is 10.7. The van der Waals surface area contributed by atoms with E-state index >= 15 is 0 Å². The van der Waals surface area contributed by atoms with Crippen molar-refractivity contribution in [1.29, 1.82) is 5.41 Å². The van der Waals surface area contributed by atoms with Crippen molar-refractivity contribution in [3.8, 4) is 0 Å². The molecule has 2 aromatic rings.